The summed E-state index contributed by atoms with van der Waals surface area (Å²) in [5.74, 6) is 1.41. The van der Waals surface area contributed by atoms with Gasteiger partial charge in [0.25, 0.3) is 11.4 Å². The lowest BCUT2D eigenvalue weighted by Gasteiger charge is -2.12. The topological polar surface area (TPSA) is 70.2 Å². The van der Waals surface area contributed by atoms with Gasteiger partial charge >= 0.3 is 0 Å². The normalized spacial score (nSPS) is 11.1. The van der Waals surface area contributed by atoms with Gasteiger partial charge in [-0.1, -0.05) is 41.6 Å². The number of fused-ring (bicyclic) bond motifs is 1. The van der Waals surface area contributed by atoms with Gasteiger partial charge in [0.15, 0.2) is 0 Å². The molecule has 0 radical (unpaired) electrons. The van der Waals surface area contributed by atoms with Crippen LogP contribution < -0.4 is 10.3 Å². The number of benzene rings is 3. The van der Waals surface area contributed by atoms with Gasteiger partial charge in [-0.15, -0.1) is 0 Å². The van der Waals surface area contributed by atoms with Crippen molar-refractivity contribution in [3.63, 3.8) is 0 Å². The highest BCUT2D eigenvalue weighted by atomic mass is 16.5. The van der Waals surface area contributed by atoms with Crippen LogP contribution in [0.15, 0.2) is 82.2 Å². The SMILES string of the molecule is COc1ccccc1-c1noc(-c2cn(-c3ccc(C)c(C)c3)c(=O)c3ccccc23)n1. The fourth-order valence-corrected chi connectivity index (χ4v) is 3.80. The molecule has 3 aromatic carbocycles. The Balaban J connectivity index is 1.73. The Kier molecular flexibility index (Phi) is 4.82. The summed E-state index contributed by atoms with van der Waals surface area (Å²) in [4.78, 5) is 17.9. The van der Waals surface area contributed by atoms with Gasteiger partial charge in [0.2, 0.25) is 5.82 Å². The summed E-state index contributed by atoms with van der Waals surface area (Å²) in [5.41, 5.74) is 4.39. The fourth-order valence-electron chi connectivity index (χ4n) is 3.80. The van der Waals surface area contributed by atoms with Gasteiger partial charge in [-0.25, -0.2) is 0 Å². The number of aryl methyl sites for hydroxylation is 2. The minimum Gasteiger partial charge on any atom is -0.496 e. The van der Waals surface area contributed by atoms with E-state index in [4.69, 9.17) is 9.26 Å². The molecular weight excluding hydrogens is 402 g/mol. The minimum absolute atomic E-state index is 0.0999. The van der Waals surface area contributed by atoms with Crippen LogP contribution >= 0.6 is 0 Å². The van der Waals surface area contributed by atoms with Gasteiger partial charge in [-0.3, -0.25) is 9.36 Å². The van der Waals surface area contributed by atoms with E-state index in [1.54, 1.807) is 17.9 Å². The fraction of sp³-hybridized carbons (Fsp3) is 0.115. The zero-order chi connectivity index (χ0) is 22.2. The number of para-hydroxylation sites is 1. The van der Waals surface area contributed by atoms with E-state index in [1.807, 2.05) is 80.6 Å². The first kappa shape index (κ1) is 19.8. The van der Waals surface area contributed by atoms with Crippen molar-refractivity contribution in [1.82, 2.24) is 14.7 Å². The summed E-state index contributed by atoms with van der Waals surface area (Å²) in [7, 11) is 1.60. The van der Waals surface area contributed by atoms with Crippen molar-refractivity contribution < 1.29 is 9.26 Å². The van der Waals surface area contributed by atoms with Gasteiger partial charge in [0, 0.05) is 22.7 Å². The zero-order valence-corrected chi connectivity index (χ0v) is 18.0. The average molecular weight is 423 g/mol. The second kappa shape index (κ2) is 7.81. The monoisotopic (exact) mass is 423 g/mol. The van der Waals surface area contributed by atoms with E-state index in [-0.39, 0.29) is 5.56 Å². The molecule has 5 rings (SSSR count). The molecule has 0 unspecified atom stereocenters. The Hall–Kier alpha value is -4.19. The summed E-state index contributed by atoms with van der Waals surface area (Å²) < 4.78 is 12.7. The highest BCUT2D eigenvalue weighted by Crippen LogP contribution is 2.31. The van der Waals surface area contributed by atoms with Crippen LogP contribution in [-0.4, -0.2) is 21.8 Å². The molecule has 0 fully saturated rings. The molecule has 158 valence electrons. The molecule has 0 aliphatic rings. The van der Waals surface area contributed by atoms with Gasteiger partial charge in [0.05, 0.1) is 18.2 Å². The molecule has 6 heteroatoms. The van der Waals surface area contributed by atoms with Gasteiger partial charge < -0.3 is 9.26 Å². The molecule has 2 heterocycles. The molecule has 2 aromatic heterocycles. The summed E-state index contributed by atoms with van der Waals surface area (Å²) in [6.07, 6.45) is 1.77. The first-order valence-corrected chi connectivity index (χ1v) is 10.3. The van der Waals surface area contributed by atoms with E-state index in [0.717, 1.165) is 22.2 Å². The molecule has 0 saturated heterocycles. The predicted molar refractivity (Wildman–Crippen MR) is 124 cm³/mol. The van der Waals surface area contributed by atoms with Crippen molar-refractivity contribution in [2.75, 3.05) is 7.11 Å². The van der Waals surface area contributed by atoms with Crippen LogP contribution in [0.5, 0.6) is 5.75 Å². The third kappa shape index (κ3) is 3.26. The third-order valence-corrected chi connectivity index (χ3v) is 5.70. The molecule has 0 aliphatic heterocycles. The molecule has 6 nitrogen and oxygen atoms in total. The minimum atomic E-state index is -0.0999. The van der Waals surface area contributed by atoms with Crippen LogP contribution in [0.1, 0.15) is 11.1 Å². The van der Waals surface area contributed by atoms with E-state index in [9.17, 15) is 4.79 Å². The number of pyridine rings is 1. The Morgan fingerprint density at radius 2 is 1.62 bits per heavy atom. The molecular formula is C26H21N3O3. The lowest BCUT2D eigenvalue weighted by Crippen LogP contribution is -2.18. The van der Waals surface area contributed by atoms with Crippen molar-refractivity contribution >= 4 is 10.8 Å². The number of nitrogens with zero attached hydrogens (tertiary/aromatic N) is 3. The summed E-state index contributed by atoms with van der Waals surface area (Å²) in [6, 6.07) is 20.9. The van der Waals surface area contributed by atoms with Crippen LogP contribution in [0.2, 0.25) is 0 Å². The highest BCUT2D eigenvalue weighted by molar-refractivity contribution is 5.94. The largest absolute Gasteiger partial charge is 0.496 e. The number of ether oxygens (including phenoxy) is 1. The number of methoxy groups -OCH3 is 1. The van der Waals surface area contributed by atoms with E-state index in [0.29, 0.717) is 28.4 Å². The van der Waals surface area contributed by atoms with Crippen LogP contribution in [-0.2, 0) is 0 Å². The maximum Gasteiger partial charge on any atom is 0.262 e. The lowest BCUT2D eigenvalue weighted by atomic mass is 10.1. The summed E-state index contributed by atoms with van der Waals surface area (Å²) in [6.45, 7) is 4.08. The quantitative estimate of drug-likeness (QED) is 0.391. The average Bonchev–Trinajstić information content (AvgIpc) is 3.31. The Labute approximate surface area is 184 Å². The first-order valence-electron chi connectivity index (χ1n) is 10.3. The Morgan fingerprint density at radius 1 is 0.875 bits per heavy atom. The van der Waals surface area contributed by atoms with E-state index < -0.39 is 0 Å². The first-order chi connectivity index (χ1) is 15.6. The maximum absolute atomic E-state index is 13.3. The number of rotatable bonds is 4. The lowest BCUT2D eigenvalue weighted by molar-refractivity contribution is 0.413. The summed E-state index contributed by atoms with van der Waals surface area (Å²) in [5, 5.41) is 5.52. The molecule has 0 N–H and O–H groups in total. The highest BCUT2D eigenvalue weighted by Gasteiger charge is 2.18. The number of hydrogen-bond acceptors (Lipinski definition) is 5. The van der Waals surface area contributed by atoms with Crippen molar-refractivity contribution in [3.8, 4) is 34.3 Å². The van der Waals surface area contributed by atoms with Crippen molar-refractivity contribution in [2.24, 2.45) is 0 Å². The van der Waals surface area contributed by atoms with Crippen LogP contribution in [0.4, 0.5) is 0 Å². The van der Waals surface area contributed by atoms with E-state index >= 15 is 0 Å². The van der Waals surface area contributed by atoms with Gasteiger partial charge in [0.1, 0.15) is 5.75 Å². The molecule has 0 atom stereocenters. The van der Waals surface area contributed by atoms with Crippen LogP contribution in [0.25, 0.3) is 39.3 Å². The van der Waals surface area contributed by atoms with Crippen molar-refractivity contribution in [3.05, 3.63) is 94.4 Å². The third-order valence-electron chi connectivity index (χ3n) is 5.70. The van der Waals surface area contributed by atoms with Crippen LogP contribution in [0.3, 0.4) is 0 Å². The molecule has 0 saturated carbocycles. The predicted octanol–water partition coefficient (Wildman–Crippen LogP) is 5.33. The van der Waals surface area contributed by atoms with Gasteiger partial charge in [-0.05, 0) is 55.3 Å². The number of hydrogen-bond donors (Lipinski definition) is 0. The molecule has 5 aromatic rings. The molecule has 0 bridgehead atoms. The Morgan fingerprint density at radius 3 is 2.41 bits per heavy atom. The molecule has 0 spiro atoms. The summed E-state index contributed by atoms with van der Waals surface area (Å²) >= 11 is 0. The second-order valence-corrected chi connectivity index (χ2v) is 7.66. The van der Waals surface area contributed by atoms with Crippen molar-refractivity contribution in [2.45, 2.75) is 13.8 Å². The zero-order valence-electron chi connectivity index (χ0n) is 18.0. The standard InChI is InChI=1S/C26H21N3O3/c1-16-12-13-18(14-17(16)2)29-15-22(19-8-4-5-9-20(19)26(29)30)25-27-24(28-32-25)21-10-6-7-11-23(21)31-3/h4-15H,1-3H3. The second-order valence-electron chi connectivity index (χ2n) is 7.66. The molecule has 32 heavy (non-hydrogen) atoms. The number of aromatic nitrogens is 3. The van der Waals surface area contributed by atoms with Gasteiger partial charge in [-0.2, -0.15) is 4.98 Å². The van der Waals surface area contributed by atoms with E-state index in [1.165, 1.54) is 5.56 Å². The van der Waals surface area contributed by atoms with Crippen LogP contribution in [0, 0.1) is 13.8 Å². The van der Waals surface area contributed by atoms with Crippen molar-refractivity contribution in [1.29, 1.82) is 0 Å². The maximum atomic E-state index is 13.3. The smallest absolute Gasteiger partial charge is 0.262 e. The Bertz CT molecular complexity index is 1510. The molecule has 0 amide bonds. The van der Waals surface area contributed by atoms with E-state index in [2.05, 4.69) is 10.1 Å². The molecule has 0 aliphatic carbocycles.